The van der Waals surface area contributed by atoms with Gasteiger partial charge >= 0.3 is 6.01 Å². The van der Waals surface area contributed by atoms with Gasteiger partial charge in [0.25, 0.3) is 0 Å². The number of pyridine rings is 1. The second kappa shape index (κ2) is 11.1. The average Bonchev–Trinajstić information content (AvgIpc) is 3.79. The zero-order valence-corrected chi connectivity index (χ0v) is 24.9. The molecule has 3 fully saturated rings. The number of carbonyl (C=O) groups excluding carboxylic acids is 1. The predicted octanol–water partition coefficient (Wildman–Crippen LogP) is 5.44. The number of thiophene rings is 1. The molecule has 0 saturated carbocycles. The summed E-state index contributed by atoms with van der Waals surface area (Å²) in [7, 11) is 0. The van der Waals surface area contributed by atoms with Crippen LogP contribution < -0.4 is 15.2 Å². The van der Waals surface area contributed by atoms with Gasteiger partial charge in [0.15, 0.2) is 5.82 Å². The van der Waals surface area contributed by atoms with Crippen LogP contribution in [0.25, 0.3) is 37.1 Å². The Morgan fingerprint density at radius 3 is 2.93 bits per heavy atom. The molecule has 6 heterocycles. The number of likely N-dealkylation sites (tertiary alicyclic amines) is 1. The third-order valence-electron chi connectivity index (χ3n) is 8.93. The van der Waals surface area contributed by atoms with Crippen LogP contribution >= 0.6 is 11.3 Å². The van der Waals surface area contributed by atoms with Crippen molar-refractivity contribution in [3.63, 3.8) is 0 Å². The number of hydrogen-bond donors (Lipinski definition) is 1. The maximum atomic E-state index is 16.5. The van der Waals surface area contributed by atoms with Crippen LogP contribution in [0, 0.1) is 18.2 Å². The van der Waals surface area contributed by atoms with Crippen molar-refractivity contribution in [2.75, 3.05) is 38.5 Å². The van der Waals surface area contributed by atoms with Gasteiger partial charge in [0, 0.05) is 43.1 Å². The van der Waals surface area contributed by atoms with Crippen molar-refractivity contribution in [1.82, 2.24) is 24.8 Å². The van der Waals surface area contributed by atoms with Gasteiger partial charge in [0.2, 0.25) is 17.5 Å². The van der Waals surface area contributed by atoms with Gasteiger partial charge in [-0.2, -0.15) is 9.97 Å². The molecule has 3 saturated heterocycles. The van der Waals surface area contributed by atoms with Crippen LogP contribution in [0.5, 0.6) is 11.9 Å². The fourth-order valence-electron chi connectivity index (χ4n) is 6.79. The molecule has 0 radical (unpaired) electrons. The molecule has 232 valence electrons. The summed E-state index contributed by atoms with van der Waals surface area (Å²) >= 11 is 0.909. The van der Waals surface area contributed by atoms with Crippen molar-refractivity contribution in [1.29, 1.82) is 0 Å². The van der Waals surface area contributed by atoms with E-state index in [-0.39, 0.29) is 73.9 Å². The molecule has 0 aliphatic carbocycles. The van der Waals surface area contributed by atoms with E-state index in [1.54, 1.807) is 4.90 Å². The highest BCUT2D eigenvalue weighted by molar-refractivity contribution is 7.23. The molecule has 1 aromatic carbocycles. The number of amides is 1. The lowest BCUT2D eigenvalue weighted by atomic mass is 9.95. The van der Waals surface area contributed by atoms with Gasteiger partial charge in [-0.25, -0.2) is 18.0 Å². The molecule has 14 heteroatoms. The Labute approximate surface area is 260 Å². The van der Waals surface area contributed by atoms with E-state index >= 15 is 4.39 Å². The average molecular weight is 636 g/mol. The van der Waals surface area contributed by atoms with Crippen molar-refractivity contribution in [3.8, 4) is 23.1 Å². The van der Waals surface area contributed by atoms with Crippen LogP contribution in [0.3, 0.4) is 0 Å². The third kappa shape index (κ3) is 4.90. The maximum Gasteiger partial charge on any atom is 0.320 e. The summed E-state index contributed by atoms with van der Waals surface area (Å²) in [4.78, 5) is 32.6. The topological polar surface area (TPSA) is 111 Å². The van der Waals surface area contributed by atoms with E-state index in [0.29, 0.717) is 25.9 Å². The van der Waals surface area contributed by atoms with E-state index in [4.69, 9.17) is 21.8 Å². The van der Waals surface area contributed by atoms with Crippen molar-refractivity contribution in [3.05, 3.63) is 54.0 Å². The molecule has 3 atom stereocenters. The molecule has 3 aromatic heterocycles. The Balaban J connectivity index is 1.32. The number of nitrogens with zero attached hydrogens (tertiary/aromatic N) is 6. The minimum absolute atomic E-state index is 0.0180. The zero-order chi connectivity index (χ0) is 31.5. The number of rotatable bonds is 7. The van der Waals surface area contributed by atoms with Crippen molar-refractivity contribution in [2.24, 2.45) is 0 Å². The number of benzene rings is 1. The normalized spacial score (nSPS) is 23.0. The molecule has 1 amide bonds. The monoisotopic (exact) mass is 635 g/mol. The zero-order valence-electron chi connectivity index (χ0n) is 24.1. The van der Waals surface area contributed by atoms with Gasteiger partial charge in [-0.3, -0.25) is 14.7 Å². The number of carbonyl (C=O) groups is 1. The van der Waals surface area contributed by atoms with Gasteiger partial charge in [-0.15, -0.1) is 11.3 Å². The highest BCUT2D eigenvalue weighted by atomic mass is 32.1. The van der Waals surface area contributed by atoms with E-state index in [1.807, 2.05) is 0 Å². The van der Waals surface area contributed by atoms with Crippen molar-refractivity contribution < 1.29 is 27.4 Å². The standard InChI is InChI=1S/C31H28F3N7O3S/c1-3-21(42)40-10-7-17(14-40)44-29-19-12-37-24(18-5-6-20(33)27-22(18)26(36-2)28(35)45-27)23(34)25(19)38-30(39-29)43-15-31-8-4-9-41(31)13-16(32)11-31/h3,5-6,12,16-17H,1,4,7-11,13-15,35H2/t16-,17-,31+/m1/s1. The first-order valence-electron chi connectivity index (χ1n) is 14.6. The molecule has 2 N–H and O–H groups in total. The molecule has 3 aliphatic rings. The fourth-order valence-corrected chi connectivity index (χ4v) is 7.73. The van der Waals surface area contributed by atoms with E-state index in [0.717, 1.165) is 30.7 Å². The van der Waals surface area contributed by atoms with Crippen LogP contribution in [-0.4, -0.2) is 81.3 Å². The predicted molar refractivity (Wildman–Crippen MR) is 163 cm³/mol. The van der Waals surface area contributed by atoms with Gasteiger partial charge in [0.05, 0.1) is 33.7 Å². The van der Waals surface area contributed by atoms with E-state index in [1.165, 1.54) is 24.4 Å². The molecular formula is C31H28F3N7O3S. The molecular weight excluding hydrogens is 607 g/mol. The second-order valence-corrected chi connectivity index (χ2v) is 12.7. The van der Waals surface area contributed by atoms with Gasteiger partial charge < -0.3 is 20.1 Å². The Hall–Kier alpha value is -4.48. The summed E-state index contributed by atoms with van der Waals surface area (Å²) in [6, 6.07) is 2.38. The summed E-state index contributed by atoms with van der Waals surface area (Å²) in [5, 5.41) is 0.446. The minimum atomic E-state index is -0.959. The molecule has 0 unspecified atom stereocenters. The van der Waals surface area contributed by atoms with Gasteiger partial charge in [-0.1, -0.05) is 12.6 Å². The maximum absolute atomic E-state index is 16.5. The smallest absolute Gasteiger partial charge is 0.320 e. The number of nitrogens with two attached hydrogens (primary N) is 1. The molecule has 4 aromatic rings. The van der Waals surface area contributed by atoms with E-state index in [2.05, 4.69) is 31.3 Å². The van der Waals surface area contributed by atoms with E-state index < -0.39 is 29.4 Å². The highest BCUT2D eigenvalue weighted by Crippen LogP contribution is 2.47. The summed E-state index contributed by atoms with van der Waals surface area (Å²) in [5.41, 5.74) is 5.40. The number of halogens is 3. The Bertz CT molecular complexity index is 1910. The Kier molecular flexibility index (Phi) is 7.25. The van der Waals surface area contributed by atoms with Crippen molar-refractivity contribution in [2.45, 2.75) is 43.5 Å². The SMILES string of the molecule is [C-]#[N+]c1c(N)sc2c(F)ccc(-c3ncc4c(O[C@@H]5CCN(C(=O)C=C)C5)nc(OC[C@@]56CCCN5C[C@H](F)C6)nc4c3F)c12. The van der Waals surface area contributed by atoms with Crippen LogP contribution in [0.2, 0.25) is 0 Å². The number of anilines is 1. The van der Waals surface area contributed by atoms with Gasteiger partial charge in [-0.05, 0) is 31.5 Å². The van der Waals surface area contributed by atoms with E-state index in [9.17, 15) is 13.6 Å². The first kappa shape index (κ1) is 29.2. The Morgan fingerprint density at radius 1 is 1.29 bits per heavy atom. The lowest BCUT2D eigenvalue weighted by molar-refractivity contribution is -0.125. The summed E-state index contributed by atoms with van der Waals surface area (Å²) in [6.07, 6.45) is 3.71. The first-order valence-corrected chi connectivity index (χ1v) is 15.4. The lowest BCUT2D eigenvalue weighted by Gasteiger charge is -2.30. The largest absolute Gasteiger partial charge is 0.472 e. The summed E-state index contributed by atoms with van der Waals surface area (Å²) in [5.74, 6) is -1.64. The van der Waals surface area contributed by atoms with Crippen LogP contribution in [-0.2, 0) is 4.79 Å². The molecule has 10 nitrogen and oxygen atoms in total. The third-order valence-corrected chi connectivity index (χ3v) is 9.94. The number of fused-ring (bicyclic) bond motifs is 3. The number of aromatic nitrogens is 3. The first-order chi connectivity index (χ1) is 21.7. The molecule has 0 spiro atoms. The van der Waals surface area contributed by atoms with Crippen molar-refractivity contribution >= 4 is 48.9 Å². The minimum Gasteiger partial charge on any atom is -0.472 e. The quantitative estimate of drug-likeness (QED) is 0.211. The number of nitrogen functional groups attached to an aromatic ring is 1. The lowest BCUT2D eigenvalue weighted by Crippen LogP contribution is -2.43. The summed E-state index contributed by atoms with van der Waals surface area (Å²) < 4.78 is 58.1. The van der Waals surface area contributed by atoms with Crippen LogP contribution in [0.4, 0.5) is 23.9 Å². The fraction of sp³-hybridized carbons (Fsp3) is 0.387. The molecule has 7 rings (SSSR count). The highest BCUT2D eigenvalue weighted by Gasteiger charge is 2.49. The Morgan fingerprint density at radius 2 is 2.13 bits per heavy atom. The second-order valence-electron chi connectivity index (χ2n) is 11.6. The van der Waals surface area contributed by atoms with Gasteiger partial charge in [0.1, 0.15) is 35.9 Å². The number of ether oxygens (including phenoxy) is 2. The number of hydrogen-bond acceptors (Lipinski definition) is 9. The number of alkyl halides is 1. The summed E-state index contributed by atoms with van der Waals surface area (Å²) in [6.45, 7) is 13.1. The molecule has 0 bridgehead atoms. The molecule has 45 heavy (non-hydrogen) atoms. The van der Waals surface area contributed by atoms with Crippen LogP contribution in [0.1, 0.15) is 25.7 Å². The van der Waals surface area contributed by atoms with Crippen LogP contribution in [0.15, 0.2) is 31.0 Å². The molecule has 3 aliphatic heterocycles.